The Morgan fingerprint density at radius 1 is 1.08 bits per heavy atom. The molecule has 0 amide bonds. The van der Waals surface area contributed by atoms with Crippen LogP contribution in [0.5, 0.6) is 0 Å². The lowest BCUT2D eigenvalue weighted by atomic mass is 9.45. The van der Waals surface area contributed by atoms with Crippen LogP contribution in [0.1, 0.15) is 78.6 Å². The Morgan fingerprint density at radius 3 is 2.62 bits per heavy atom. The summed E-state index contributed by atoms with van der Waals surface area (Å²) in [6.07, 6.45) is 10.2. The number of esters is 1. The van der Waals surface area contributed by atoms with Gasteiger partial charge in [-0.3, -0.25) is 9.59 Å². The van der Waals surface area contributed by atoms with E-state index in [0.717, 1.165) is 37.5 Å². The molecule has 0 heterocycles. The van der Waals surface area contributed by atoms with E-state index in [1.54, 1.807) is 0 Å². The largest absolute Gasteiger partial charge is 0.463 e. The van der Waals surface area contributed by atoms with Crippen molar-refractivity contribution in [3.05, 3.63) is 0 Å². The molecule has 4 fully saturated rings. The molecule has 0 aromatic rings. The molecule has 134 valence electrons. The maximum atomic E-state index is 12.1. The van der Waals surface area contributed by atoms with E-state index in [2.05, 4.69) is 13.8 Å². The molecule has 0 aromatic carbocycles. The van der Waals surface area contributed by atoms with Gasteiger partial charge in [0.15, 0.2) is 0 Å². The molecular formula is C21H32O3. The Bertz CT molecular complexity index is 555. The first-order chi connectivity index (χ1) is 11.3. The lowest BCUT2D eigenvalue weighted by Gasteiger charge is -2.60. The molecule has 7 unspecified atom stereocenters. The summed E-state index contributed by atoms with van der Waals surface area (Å²) in [5.74, 6) is 3.23. The van der Waals surface area contributed by atoms with E-state index < -0.39 is 0 Å². The fourth-order valence-corrected chi connectivity index (χ4v) is 7.34. The Balaban J connectivity index is 1.54. The van der Waals surface area contributed by atoms with Crippen LogP contribution in [0, 0.1) is 34.5 Å². The second-order valence-corrected chi connectivity index (χ2v) is 9.78. The fraction of sp³-hybridized carbons (Fsp3) is 0.905. The predicted octanol–water partition coefficient (Wildman–Crippen LogP) is 4.53. The lowest BCUT2D eigenvalue weighted by molar-refractivity contribution is -0.159. The van der Waals surface area contributed by atoms with Crippen molar-refractivity contribution < 1.29 is 14.3 Å². The van der Waals surface area contributed by atoms with E-state index in [0.29, 0.717) is 23.0 Å². The van der Waals surface area contributed by atoms with Crippen molar-refractivity contribution in [3.63, 3.8) is 0 Å². The molecule has 0 N–H and O–H groups in total. The highest BCUT2D eigenvalue weighted by molar-refractivity contribution is 5.82. The first-order valence-electron chi connectivity index (χ1n) is 10.0. The number of carbonyl (C=O) groups is 2. The zero-order valence-corrected chi connectivity index (χ0v) is 15.5. The molecule has 4 rings (SSSR count). The third kappa shape index (κ3) is 2.45. The molecule has 0 bridgehead atoms. The summed E-state index contributed by atoms with van der Waals surface area (Å²) in [5.41, 5.74) is 0.683. The predicted molar refractivity (Wildman–Crippen MR) is 92.3 cm³/mol. The standard InChI is InChI=1S/C21H32O3/c1-13(22)24-16-6-9-21(3)14(10-16)4-5-17-18(21)7-8-20(2)12-15(23)11-19(17)20/h14,16-19H,4-12H2,1-3H3. The first-order valence-corrected chi connectivity index (χ1v) is 10.0. The summed E-state index contributed by atoms with van der Waals surface area (Å²) in [6.45, 7) is 6.42. The van der Waals surface area contributed by atoms with E-state index in [4.69, 9.17) is 4.74 Å². The van der Waals surface area contributed by atoms with Crippen molar-refractivity contribution in [1.29, 1.82) is 0 Å². The van der Waals surface area contributed by atoms with Crippen molar-refractivity contribution in [3.8, 4) is 0 Å². The zero-order valence-electron chi connectivity index (χ0n) is 15.5. The van der Waals surface area contributed by atoms with Crippen LogP contribution in [0.2, 0.25) is 0 Å². The molecule has 0 radical (unpaired) electrons. The highest BCUT2D eigenvalue weighted by Crippen LogP contribution is 2.65. The maximum absolute atomic E-state index is 12.1. The average Bonchev–Trinajstić information content (AvgIpc) is 2.81. The van der Waals surface area contributed by atoms with Gasteiger partial charge in [0.25, 0.3) is 0 Å². The van der Waals surface area contributed by atoms with Crippen LogP contribution in [0.25, 0.3) is 0 Å². The molecule has 0 aromatic heterocycles. The summed E-state index contributed by atoms with van der Waals surface area (Å²) in [7, 11) is 0. The Kier molecular flexibility index (Phi) is 3.85. The molecule has 4 aliphatic carbocycles. The minimum atomic E-state index is -0.129. The van der Waals surface area contributed by atoms with Crippen LogP contribution in [0.15, 0.2) is 0 Å². The maximum Gasteiger partial charge on any atom is 0.302 e. The van der Waals surface area contributed by atoms with Gasteiger partial charge in [-0.15, -0.1) is 0 Å². The average molecular weight is 332 g/mol. The van der Waals surface area contributed by atoms with Crippen molar-refractivity contribution in [2.24, 2.45) is 34.5 Å². The topological polar surface area (TPSA) is 43.4 Å². The van der Waals surface area contributed by atoms with E-state index in [1.165, 1.54) is 39.0 Å². The van der Waals surface area contributed by atoms with E-state index in [1.807, 2.05) is 0 Å². The Hall–Kier alpha value is -0.860. The minimum absolute atomic E-state index is 0.129. The molecule has 7 atom stereocenters. The van der Waals surface area contributed by atoms with Crippen molar-refractivity contribution in [2.75, 3.05) is 0 Å². The number of fused-ring (bicyclic) bond motifs is 5. The number of ketones is 1. The summed E-state index contributed by atoms with van der Waals surface area (Å²) < 4.78 is 5.54. The Morgan fingerprint density at radius 2 is 1.88 bits per heavy atom. The summed E-state index contributed by atoms with van der Waals surface area (Å²) in [6, 6.07) is 0. The van der Waals surface area contributed by atoms with Gasteiger partial charge in [0.2, 0.25) is 0 Å². The minimum Gasteiger partial charge on any atom is -0.463 e. The number of carbonyl (C=O) groups excluding carboxylic acids is 2. The quantitative estimate of drug-likeness (QED) is 0.663. The van der Waals surface area contributed by atoms with Gasteiger partial charge in [0.05, 0.1) is 0 Å². The van der Waals surface area contributed by atoms with Gasteiger partial charge in [-0.25, -0.2) is 0 Å². The summed E-state index contributed by atoms with van der Waals surface area (Å²) >= 11 is 0. The van der Waals surface area contributed by atoms with Crippen LogP contribution in [0.4, 0.5) is 0 Å². The monoisotopic (exact) mass is 332 g/mol. The summed E-state index contributed by atoms with van der Waals surface area (Å²) in [5, 5.41) is 0. The second kappa shape index (κ2) is 5.57. The normalized spacial score (nSPS) is 50.6. The molecule has 3 heteroatoms. The molecule has 4 saturated carbocycles. The van der Waals surface area contributed by atoms with Gasteiger partial charge in [0, 0.05) is 19.8 Å². The van der Waals surface area contributed by atoms with Gasteiger partial charge < -0.3 is 4.74 Å². The third-order valence-electron chi connectivity index (χ3n) is 8.52. The molecule has 0 saturated heterocycles. The van der Waals surface area contributed by atoms with E-state index in [-0.39, 0.29) is 17.5 Å². The van der Waals surface area contributed by atoms with Gasteiger partial charge in [-0.05, 0) is 79.4 Å². The van der Waals surface area contributed by atoms with Crippen LogP contribution in [-0.2, 0) is 14.3 Å². The smallest absolute Gasteiger partial charge is 0.302 e. The van der Waals surface area contributed by atoms with Crippen LogP contribution in [0.3, 0.4) is 0 Å². The number of rotatable bonds is 1. The fourth-order valence-electron chi connectivity index (χ4n) is 7.34. The molecule has 0 aliphatic heterocycles. The second-order valence-electron chi connectivity index (χ2n) is 9.78. The van der Waals surface area contributed by atoms with Crippen LogP contribution in [-0.4, -0.2) is 17.9 Å². The molecular weight excluding hydrogens is 300 g/mol. The van der Waals surface area contributed by atoms with E-state index >= 15 is 0 Å². The van der Waals surface area contributed by atoms with Crippen LogP contribution >= 0.6 is 0 Å². The highest BCUT2D eigenvalue weighted by atomic mass is 16.5. The molecule has 3 nitrogen and oxygen atoms in total. The lowest BCUT2D eigenvalue weighted by Crippen LogP contribution is -2.53. The SMILES string of the molecule is CC(=O)OC1CCC2(C)C(CCC3C4CC(=O)CC4(C)CCC32)C1. The van der Waals surface area contributed by atoms with Crippen molar-refractivity contribution >= 4 is 11.8 Å². The number of ether oxygens (including phenoxy) is 1. The van der Waals surface area contributed by atoms with Gasteiger partial charge in [0.1, 0.15) is 11.9 Å². The molecule has 0 spiro atoms. The van der Waals surface area contributed by atoms with Crippen LogP contribution < -0.4 is 0 Å². The first kappa shape index (κ1) is 16.6. The molecule has 24 heavy (non-hydrogen) atoms. The number of Topliss-reactive ketones (excluding diaryl/α,β-unsaturated/α-hetero) is 1. The van der Waals surface area contributed by atoms with Crippen molar-refractivity contribution in [1.82, 2.24) is 0 Å². The number of hydrogen-bond donors (Lipinski definition) is 0. The zero-order chi connectivity index (χ0) is 17.1. The van der Waals surface area contributed by atoms with Gasteiger partial charge in [-0.1, -0.05) is 13.8 Å². The van der Waals surface area contributed by atoms with Crippen molar-refractivity contribution in [2.45, 2.75) is 84.7 Å². The van der Waals surface area contributed by atoms with Gasteiger partial charge >= 0.3 is 5.97 Å². The summed E-state index contributed by atoms with van der Waals surface area (Å²) in [4.78, 5) is 23.5. The molecule has 4 aliphatic rings. The third-order valence-corrected chi connectivity index (χ3v) is 8.52. The highest BCUT2D eigenvalue weighted by Gasteiger charge is 2.59. The number of hydrogen-bond acceptors (Lipinski definition) is 3. The van der Waals surface area contributed by atoms with Gasteiger partial charge in [-0.2, -0.15) is 0 Å². The Labute approximate surface area is 145 Å². The van der Waals surface area contributed by atoms with E-state index in [9.17, 15) is 9.59 Å².